The Morgan fingerprint density at radius 3 is 2.60 bits per heavy atom. The summed E-state index contributed by atoms with van der Waals surface area (Å²) in [6, 6.07) is 10.9. The van der Waals surface area contributed by atoms with Crippen LogP contribution in [0.25, 0.3) is 0 Å². The molecule has 0 fully saturated rings. The van der Waals surface area contributed by atoms with E-state index in [0.29, 0.717) is 17.5 Å². The van der Waals surface area contributed by atoms with E-state index in [4.69, 9.17) is 0 Å². The molecular formula is C16H12BrNO2. The van der Waals surface area contributed by atoms with E-state index in [1.165, 1.54) is 0 Å². The number of hydrogen-bond acceptors (Lipinski definition) is 2. The van der Waals surface area contributed by atoms with Crippen LogP contribution in [-0.2, 0) is 11.2 Å². The molecule has 3 rings (SSSR count). The Labute approximate surface area is 125 Å². The lowest BCUT2D eigenvalue weighted by molar-refractivity contribution is -0.115. The monoisotopic (exact) mass is 329 g/mol. The summed E-state index contributed by atoms with van der Waals surface area (Å²) in [5, 5.41) is 2.76. The number of aryl methyl sites for hydroxylation is 1. The van der Waals surface area contributed by atoms with Crippen molar-refractivity contribution in [2.75, 3.05) is 5.32 Å². The molecule has 2 aromatic carbocycles. The molecule has 0 saturated carbocycles. The highest BCUT2D eigenvalue weighted by atomic mass is 79.9. The third-order valence-electron chi connectivity index (χ3n) is 3.43. The zero-order valence-corrected chi connectivity index (χ0v) is 12.5. The van der Waals surface area contributed by atoms with Crippen LogP contribution in [0.5, 0.6) is 0 Å². The lowest BCUT2D eigenvalue weighted by atomic mass is 9.99. The topological polar surface area (TPSA) is 46.2 Å². The fourth-order valence-electron chi connectivity index (χ4n) is 2.27. The number of rotatable bonds is 2. The van der Waals surface area contributed by atoms with E-state index in [0.717, 1.165) is 21.3 Å². The molecule has 100 valence electrons. The van der Waals surface area contributed by atoms with Gasteiger partial charge in [0.2, 0.25) is 5.91 Å². The van der Waals surface area contributed by atoms with E-state index in [9.17, 15) is 9.59 Å². The molecule has 2 aromatic rings. The third kappa shape index (κ3) is 2.27. The lowest BCUT2D eigenvalue weighted by Crippen LogP contribution is -2.03. The van der Waals surface area contributed by atoms with E-state index in [-0.39, 0.29) is 11.7 Å². The van der Waals surface area contributed by atoms with Crippen molar-refractivity contribution in [2.24, 2.45) is 0 Å². The van der Waals surface area contributed by atoms with Crippen LogP contribution >= 0.6 is 15.9 Å². The number of carbonyl (C=O) groups is 2. The summed E-state index contributed by atoms with van der Waals surface area (Å²) in [7, 11) is 0. The Hall–Kier alpha value is -1.94. The van der Waals surface area contributed by atoms with Gasteiger partial charge in [-0.05, 0) is 42.3 Å². The molecule has 1 aliphatic heterocycles. The first-order valence-corrected chi connectivity index (χ1v) is 7.07. The second kappa shape index (κ2) is 4.87. The number of benzene rings is 2. The van der Waals surface area contributed by atoms with Crippen molar-refractivity contribution in [3.63, 3.8) is 0 Å². The van der Waals surface area contributed by atoms with Gasteiger partial charge in [0.15, 0.2) is 5.78 Å². The van der Waals surface area contributed by atoms with Crippen LogP contribution in [-0.4, -0.2) is 11.7 Å². The molecule has 3 nitrogen and oxygen atoms in total. The van der Waals surface area contributed by atoms with Crippen LogP contribution in [0.15, 0.2) is 40.9 Å². The Balaban J connectivity index is 1.97. The Kier molecular flexibility index (Phi) is 3.18. The summed E-state index contributed by atoms with van der Waals surface area (Å²) >= 11 is 3.44. The fourth-order valence-corrected chi connectivity index (χ4v) is 2.65. The first kappa shape index (κ1) is 13.1. The van der Waals surface area contributed by atoms with Gasteiger partial charge in [-0.15, -0.1) is 0 Å². The van der Waals surface area contributed by atoms with E-state index in [1.807, 2.05) is 25.1 Å². The molecule has 0 unspecified atom stereocenters. The lowest BCUT2D eigenvalue weighted by Gasteiger charge is -2.05. The molecule has 1 amide bonds. The van der Waals surface area contributed by atoms with Gasteiger partial charge in [0, 0.05) is 21.3 Å². The molecule has 0 spiro atoms. The van der Waals surface area contributed by atoms with Gasteiger partial charge in [-0.1, -0.05) is 28.1 Å². The molecule has 0 saturated heterocycles. The maximum absolute atomic E-state index is 12.5. The SMILES string of the molecule is Cc1ccc(C(=O)c2ccc3c(c2)CC(=O)N3)cc1Br. The maximum atomic E-state index is 12.5. The Morgan fingerprint density at radius 1 is 1.15 bits per heavy atom. The number of halogens is 1. The van der Waals surface area contributed by atoms with Crippen molar-refractivity contribution in [1.29, 1.82) is 0 Å². The van der Waals surface area contributed by atoms with Crippen molar-refractivity contribution in [3.05, 3.63) is 63.1 Å². The normalized spacial score (nSPS) is 13.0. The van der Waals surface area contributed by atoms with Gasteiger partial charge in [0.1, 0.15) is 0 Å². The van der Waals surface area contributed by atoms with Crippen molar-refractivity contribution < 1.29 is 9.59 Å². The zero-order valence-electron chi connectivity index (χ0n) is 10.9. The first-order valence-electron chi connectivity index (χ1n) is 6.28. The van der Waals surface area contributed by atoms with Gasteiger partial charge in [-0.3, -0.25) is 9.59 Å². The molecule has 1 heterocycles. The highest BCUT2D eigenvalue weighted by molar-refractivity contribution is 9.10. The smallest absolute Gasteiger partial charge is 0.228 e. The fraction of sp³-hybridized carbons (Fsp3) is 0.125. The predicted octanol–water partition coefficient (Wildman–Crippen LogP) is 3.48. The highest BCUT2D eigenvalue weighted by Gasteiger charge is 2.19. The van der Waals surface area contributed by atoms with E-state index in [1.54, 1.807) is 18.2 Å². The minimum Gasteiger partial charge on any atom is -0.326 e. The van der Waals surface area contributed by atoms with Crippen molar-refractivity contribution in [3.8, 4) is 0 Å². The minimum absolute atomic E-state index is 0.0253. The number of hydrogen-bond donors (Lipinski definition) is 1. The van der Waals surface area contributed by atoms with Gasteiger partial charge in [-0.25, -0.2) is 0 Å². The first-order chi connectivity index (χ1) is 9.54. The van der Waals surface area contributed by atoms with E-state index in [2.05, 4.69) is 21.2 Å². The summed E-state index contributed by atoms with van der Waals surface area (Å²) < 4.78 is 0.918. The predicted molar refractivity (Wildman–Crippen MR) is 81.1 cm³/mol. The van der Waals surface area contributed by atoms with Crippen LogP contribution in [0.2, 0.25) is 0 Å². The van der Waals surface area contributed by atoms with Gasteiger partial charge in [0.05, 0.1) is 6.42 Å². The number of anilines is 1. The number of nitrogens with one attached hydrogen (secondary N) is 1. The Morgan fingerprint density at radius 2 is 1.85 bits per heavy atom. The van der Waals surface area contributed by atoms with Crippen molar-refractivity contribution in [2.45, 2.75) is 13.3 Å². The number of amides is 1. The summed E-state index contributed by atoms with van der Waals surface area (Å²) in [5.74, 6) is -0.0597. The van der Waals surface area contributed by atoms with Crippen molar-refractivity contribution >= 4 is 33.3 Å². The molecule has 0 radical (unpaired) electrons. The molecule has 0 aromatic heterocycles. The Bertz CT molecular complexity index is 737. The standard InChI is InChI=1S/C16H12BrNO2/c1-9-2-3-11(7-13(9)17)16(20)10-4-5-14-12(6-10)8-15(19)18-14/h2-7H,8H2,1H3,(H,18,19). The summed E-state index contributed by atoms with van der Waals surface area (Å²) in [5.41, 5.74) is 4.02. The van der Waals surface area contributed by atoms with Crippen LogP contribution in [0.3, 0.4) is 0 Å². The number of fused-ring (bicyclic) bond motifs is 1. The molecular weight excluding hydrogens is 318 g/mol. The second-order valence-electron chi connectivity index (χ2n) is 4.89. The van der Waals surface area contributed by atoms with Gasteiger partial charge < -0.3 is 5.32 Å². The summed E-state index contributed by atoms with van der Waals surface area (Å²) in [6.07, 6.45) is 0.341. The molecule has 20 heavy (non-hydrogen) atoms. The van der Waals surface area contributed by atoms with Crippen LogP contribution < -0.4 is 5.32 Å². The molecule has 0 bridgehead atoms. The largest absolute Gasteiger partial charge is 0.326 e. The van der Waals surface area contributed by atoms with E-state index < -0.39 is 0 Å². The van der Waals surface area contributed by atoms with Gasteiger partial charge >= 0.3 is 0 Å². The molecule has 0 atom stereocenters. The number of ketones is 1. The average molecular weight is 330 g/mol. The molecule has 0 aliphatic carbocycles. The summed E-state index contributed by atoms with van der Waals surface area (Å²) in [4.78, 5) is 23.8. The minimum atomic E-state index is -0.0344. The quantitative estimate of drug-likeness (QED) is 0.857. The van der Waals surface area contributed by atoms with Crippen molar-refractivity contribution in [1.82, 2.24) is 0 Å². The van der Waals surface area contributed by atoms with Crippen LogP contribution in [0.4, 0.5) is 5.69 Å². The van der Waals surface area contributed by atoms with Crippen LogP contribution in [0.1, 0.15) is 27.0 Å². The van der Waals surface area contributed by atoms with E-state index >= 15 is 0 Å². The molecule has 1 N–H and O–H groups in total. The molecule has 4 heteroatoms. The van der Waals surface area contributed by atoms with Gasteiger partial charge in [-0.2, -0.15) is 0 Å². The summed E-state index contributed by atoms with van der Waals surface area (Å²) in [6.45, 7) is 1.98. The average Bonchev–Trinajstić information content (AvgIpc) is 2.80. The molecule has 1 aliphatic rings. The van der Waals surface area contributed by atoms with Gasteiger partial charge in [0.25, 0.3) is 0 Å². The number of carbonyl (C=O) groups excluding carboxylic acids is 2. The second-order valence-corrected chi connectivity index (χ2v) is 5.74. The zero-order chi connectivity index (χ0) is 14.3. The highest BCUT2D eigenvalue weighted by Crippen LogP contribution is 2.26. The maximum Gasteiger partial charge on any atom is 0.228 e. The van der Waals surface area contributed by atoms with Crippen LogP contribution in [0, 0.1) is 6.92 Å². The third-order valence-corrected chi connectivity index (χ3v) is 4.28.